The van der Waals surface area contributed by atoms with Gasteiger partial charge in [0, 0.05) is 18.3 Å². The summed E-state index contributed by atoms with van der Waals surface area (Å²) < 4.78 is 0. The smallest absolute Gasteiger partial charge is 0.109 e. The molecule has 2 atom stereocenters. The van der Waals surface area contributed by atoms with Crippen molar-refractivity contribution in [3.05, 3.63) is 53.6 Å². The van der Waals surface area contributed by atoms with Gasteiger partial charge in [-0.2, -0.15) is 0 Å². The minimum atomic E-state index is 0.576. The zero-order valence-electron chi connectivity index (χ0n) is 18.6. The standard InChI is InChI=1S/C26H42N2/c1-4-6-7-8-9-10-11-14-23-16-18-25(19-17-23)22(3)13-12-15-24(5-2)26-27-20-21-28-26/h16-22,24H,4-15H2,1-3H3,(H,27,28). The molecule has 0 saturated heterocycles. The number of nitrogens with zero attached hydrogens (tertiary/aromatic N) is 1. The number of H-pyrrole nitrogens is 1. The number of hydrogen-bond acceptors (Lipinski definition) is 1. The lowest BCUT2D eigenvalue weighted by atomic mass is 9.91. The highest BCUT2D eigenvalue weighted by Gasteiger charge is 2.13. The largest absolute Gasteiger partial charge is 0.348 e. The van der Waals surface area contributed by atoms with E-state index < -0.39 is 0 Å². The topological polar surface area (TPSA) is 28.7 Å². The molecule has 0 spiro atoms. The van der Waals surface area contributed by atoms with Gasteiger partial charge in [0.25, 0.3) is 0 Å². The van der Waals surface area contributed by atoms with E-state index in [0.717, 1.165) is 12.2 Å². The average molecular weight is 383 g/mol. The molecule has 0 amide bonds. The molecule has 1 aromatic carbocycles. The molecule has 2 heteroatoms. The molecule has 156 valence electrons. The molecule has 1 heterocycles. The summed E-state index contributed by atoms with van der Waals surface area (Å²) in [6.45, 7) is 6.92. The maximum atomic E-state index is 4.45. The van der Waals surface area contributed by atoms with Gasteiger partial charge < -0.3 is 4.98 Å². The number of aromatic amines is 1. The summed E-state index contributed by atoms with van der Waals surface area (Å²) in [4.78, 5) is 7.73. The molecule has 2 unspecified atom stereocenters. The monoisotopic (exact) mass is 382 g/mol. The van der Waals surface area contributed by atoms with Gasteiger partial charge in [-0.05, 0) is 49.1 Å². The van der Waals surface area contributed by atoms with Crippen LogP contribution in [0.4, 0.5) is 0 Å². The third-order valence-electron chi connectivity index (χ3n) is 6.21. The average Bonchev–Trinajstić information content (AvgIpc) is 3.25. The lowest BCUT2D eigenvalue weighted by Crippen LogP contribution is -2.01. The number of aromatic nitrogens is 2. The molecular weight excluding hydrogens is 340 g/mol. The maximum absolute atomic E-state index is 4.45. The number of unbranched alkanes of at least 4 members (excludes halogenated alkanes) is 6. The van der Waals surface area contributed by atoms with E-state index in [9.17, 15) is 0 Å². The SMILES string of the molecule is CCCCCCCCCc1ccc(C(C)CCCC(CC)c2ncc[nH]2)cc1. The van der Waals surface area contributed by atoms with Crippen molar-refractivity contribution in [1.29, 1.82) is 0 Å². The first-order chi connectivity index (χ1) is 13.7. The van der Waals surface area contributed by atoms with Crippen LogP contribution in [0.3, 0.4) is 0 Å². The van der Waals surface area contributed by atoms with E-state index in [-0.39, 0.29) is 0 Å². The van der Waals surface area contributed by atoms with Crippen LogP contribution in [-0.4, -0.2) is 9.97 Å². The molecule has 2 nitrogen and oxygen atoms in total. The fraction of sp³-hybridized carbons (Fsp3) is 0.654. The Labute approximate surface area is 173 Å². The normalized spacial score (nSPS) is 13.5. The van der Waals surface area contributed by atoms with Gasteiger partial charge in [0.05, 0.1) is 0 Å². The minimum absolute atomic E-state index is 0.576. The van der Waals surface area contributed by atoms with Crippen molar-refractivity contribution in [2.45, 2.75) is 110 Å². The molecule has 0 aliphatic heterocycles. The highest BCUT2D eigenvalue weighted by molar-refractivity contribution is 5.25. The van der Waals surface area contributed by atoms with Crippen molar-refractivity contribution < 1.29 is 0 Å². The fourth-order valence-electron chi connectivity index (χ4n) is 4.17. The molecule has 0 aliphatic carbocycles. The van der Waals surface area contributed by atoms with Crippen molar-refractivity contribution in [2.24, 2.45) is 0 Å². The highest BCUT2D eigenvalue weighted by Crippen LogP contribution is 2.27. The van der Waals surface area contributed by atoms with E-state index in [4.69, 9.17) is 0 Å². The number of hydrogen-bond donors (Lipinski definition) is 1. The Kier molecular flexibility index (Phi) is 11.0. The molecule has 0 saturated carbocycles. The Morgan fingerprint density at radius 3 is 2.21 bits per heavy atom. The van der Waals surface area contributed by atoms with Gasteiger partial charge >= 0.3 is 0 Å². The predicted octanol–water partition coefficient (Wildman–Crippen LogP) is 8.17. The Bertz CT molecular complexity index is 600. The van der Waals surface area contributed by atoms with E-state index in [2.05, 4.69) is 55.0 Å². The Balaban J connectivity index is 1.64. The molecule has 2 rings (SSSR count). The lowest BCUT2D eigenvalue weighted by Gasteiger charge is -2.16. The number of benzene rings is 1. The van der Waals surface area contributed by atoms with E-state index >= 15 is 0 Å². The van der Waals surface area contributed by atoms with Crippen molar-refractivity contribution in [1.82, 2.24) is 9.97 Å². The van der Waals surface area contributed by atoms with Crippen molar-refractivity contribution in [2.75, 3.05) is 0 Å². The van der Waals surface area contributed by atoms with Gasteiger partial charge in [-0.3, -0.25) is 0 Å². The lowest BCUT2D eigenvalue weighted by molar-refractivity contribution is 0.514. The highest BCUT2D eigenvalue weighted by atomic mass is 14.9. The molecule has 0 bridgehead atoms. The van der Waals surface area contributed by atoms with Crippen LogP contribution in [0.15, 0.2) is 36.7 Å². The molecular formula is C26H42N2. The summed E-state index contributed by atoms with van der Waals surface area (Å²) in [5, 5.41) is 0. The second-order valence-electron chi connectivity index (χ2n) is 8.52. The quantitative estimate of drug-likeness (QED) is 0.309. The van der Waals surface area contributed by atoms with Gasteiger partial charge in [0.2, 0.25) is 0 Å². The first kappa shape index (κ1) is 22.7. The summed E-state index contributed by atoms with van der Waals surface area (Å²) in [7, 11) is 0. The summed E-state index contributed by atoms with van der Waals surface area (Å²) in [5.41, 5.74) is 3.00. The molecule has 0 fully saturated rings. The molecule has 1 N–H and O–H groups in total. The van der Waals surface area contributed by atoms with Crippen molar-refractivity contribution in [3.8, 4) is 0 Å². The molecule has 0 aliphatic rings. The van der Waals surface area contributed by atoms with Crippen molar-refractivity contribution >= 4 is 0 Å². The summed E-state index contributed by atoms with van der Waals surface area (Å²) in [5.74, 6) is 2.37. The number of nitrogens with one attached hydrogen (secondary N) is 1. The molecule has 1 aromatic heterocycles. The molecule has 2 aromatic rings. The van der Waals surface area contributed by atoms with Crippen LogP contribution >= 0.6 is 0 Å². The third kappa shape index (κ3) is 8.20. The zero-order chi connectivity index (χ0) is 20.0. The van der Waals surface area contributed by atoms with Crippen LogP contribution in [0.5, 0.6) is 0 Å². The van der Waals surface area contributed by atoms with Crippen LogP contribution in [0.2, 0.25) is 0 Å². The second-order valence-corrected chi connectivity index (χ2v) is 8.52. The number of imidazole rings is 1. The summed E-state index contributed by atoms with van der Waals surface area (Å²) in [6, 6.07) is 9.46. The number of rotatable bonds is 15. The van der Waals surface area contributed by atoms with Gasteiger partial charge in [-0.25, -0.2) is 4.98 Å². The summed E-state index contributed by atoms with van der Waals surface area (Å²) in [6.07, 6.45) is 19.7. The van der Waals surface area contributed by atoms with Gasteiger partial charge in [0.15, 0.2) is 0 Å². The van der Waals surface area contributed by atoms with E-state index in [1.165, 1.54) is 81.8 Å². The van der Waals surface area contributed by atoms with Crippen LogP contribution < -0.4 is 0 Å². The van der Waals surface area contributed by atoms with E-state index in [1.807, 2.05) is 12.4 Å². The molecule has 0 radical (unpaired) electrons. The zero-order valence-corrected chi connectivity index (χ0v) is 18.6. The third-order valence-corrected chi connectivity index (χ3v) is 6.21. The van der Waals surface area contributed by atoms with Gasteiger partial charge in [-0.15, -0.1) is 0 Å². The van der Waals surface area contributed by atoms with Crippen LogP contribution in [0, 0.1) is 0 Å². The Hall–Kier alpha value is -1.57. The second kappa shape index (κ2) is 13.6. The number of aryl methyl sites for hydroxylation is 1. The van der Waals surface area contributed by atoms with E-state index in [1.54, 1.807) is 0 Å². The Morgan fingerprint density at radius 2 is 1.57 bits per heavy atom. The van der Waals surface area contributed by atoms with Crippen LogP contribution in [-0.2, 0) is 6.42 Å². The first-order valence-corrected chi connectivity index (χ1v) is 11.8. The predicted molar refractivity (Wildman–Crippen MR) is 122 cm³/mol. The summed E-state index contributed by atoms with van der Waals surface area (Å²) >= 11 is 0. The maximum Gasteiger partial charge on any atom is 0.109 e. The van der Waals surface area contributed by atoms with E-state index in [0.29, 0.717) is 11.8 Å². The Morgan fingerprint density at radius 1 is 0.857 bits per heavy atom. The van der Waals surface area contributed by atoms with Crippen LogP contribution in [0.1, 0.15) is 120 Å². The minimum Gasteiger partial charge on any atom is -0.348 e. The van der Waals surface area contributed by atoms with Crippen molar-refractivity contribution in [3.63, 3.8) is 0 Å². The first-order valence-electron chi connectivity index (χ1n) is 11.8. The fourth-order valence-corrected chi connectivity index (χ4v) is 4.17. The van der Waals surface area contributed by atoms with Gasteiger partial charge in [-0.1, -0.05) is 90.0 Å². The molecule has 28 heavy (non-hydrogen) atoms. The van der Waals surface area contributed by atoms with Crippen LogP contribution in [0.25, 0.3) is 0 Å². The van der Waals surface area contributed by atoms with Gasteiger partial charge in [0.1, 0.15) is 5.82 Å².